The van der Waals surface area contributed by atoms with Gasteiger partial charge in [0.1, 0.15) is 0 Å². The van der Waals surface area contributed by atoms with Gasteiger partial charge in [0.05, 0.1) is 11.5 Å². The van der Waals surface area contributed by atoms with E-state index in [1.54, 1.807) is 0 Å². The van der Waals surface area contributed by atoms with Crippen LogP contribution >= 0.6 is 0 Å². The zero-order valence-corrected chi connectivity index (χ0v) is 10.2. The second-order valence-electron chi connectivity index (χ2n) is 5.50. The summed E-state index contributed by atoms with van der Waals surface area (Å²) in [7, 11) is 0. The van der Waals surface area contributed by atoms with Crippen molar-refractivity contribution in [2.75, 3.05) is 19.6 Å². The predicted octanol–water partition coefficient (Wildman–Crippen LogP) is 1.60. The van der Waals surface area contributed by atoms with E-state index in [0.717, 1.165) is 32.5 Å². The molecule has 0 radical (unpaired) electrons. The van der Waals surface area contributed by atoms with Gasteiger partial charge < -0.3 is 10.6 Å². The Labute approximate surface area is 93.2 Å². The summed E-state index contributed by atoms with van der Waals surface area (Å²) < 4.78 is 0. The topological polar surface area (TPSA) is 53.0 Å². The van der Waals surface area contributed by atoms with Gasteiger partial charge in [0.25, 0.3) is 0 Å². The van der Waals surface area contributed by atoms with Crippen LogP contribution in [-0.2, 0) is 0 Å². The van der Waals surface area contributed by atoms with E-state index in [9.17, 15) is 0 Å². The average Bonchev–Trinajstić information content (AvgIpc) is 2.46. The largest absolute Gasteiger partial charge is 0.326 e. The van der Waals surface area contributed by atoms with Crippen molar-refractivity contribution in [1.82, 2.24) is 4.90 Å². The van der Waals surface area contributed by atoms with Crippen LogP contribution in [0.5, 0.6) is 0 Å². The molecule has 0 amide bonds. The van der Waals surface area contributed by atoms with Gasteiger partial charge in [-0.3, -0.25) is 0 Å². The Bertz CT molecular complexity index is 232. The van der Waals surface area contributed by atoms with E-state index >= 15 is 0 Å². The standard InChI is InChI=1S/C12H23N3/c1-10-7-15(8-11(10)14)6-4-5-12(2,3)9-13/h10-11H,4-8,14H2,1-3H3. The summed E-state index contributed by atoms with van der Waals surface area (Å²) in [6.07, 6.45) is 2.07. The van der Waals surface area contributed by atoms with E-state index in [0.29, 0.717) is 12.0 Å². The Kier molecular flexibility index (Phi) is 4.12. The summed E-state index contributed by atoms with van der Waals surface area (Å²) >= 11 is 0. The normalized spacial score (nSPS) is 27.9. The Morgan fingerprint density at radius 3 is 2.60 bits per heavy atom. The number of nitrogens with zero attached hydrogens (tertiary/aromatic N) is 2. The van der Waals surface area contributed by atoms with Gasteiger partial charge in [0, 0.05) is 19.1 Å². The van der Waals surface area contributed by atoms with Crippen molar-refractivity contribution in [3.8, 4) is 6.07 Å². The first-order valence-corrected chi connectivity index (χ1v) is 5.84. The monoisotopic (exact) mass is 209 g/mol. The molecule has 1 heterocycles. The van der Waals surface area contributed by atoms with Gasteiger partial charge in [-0.05, 0) is 39.2 Å². The van der Waals surface area contributed by atoms with Gasteiger partial charge in [-0.2, -0.15) is 5.26 Å². The highest BCUT2D eigenvalue weighted by molar-refractivity contribution is 4.92. The fourth-order valence-corrected chi connectivity index (χ4v) is 2.08. The fraction of sp³-hybridized carbons (Fsp3) is 0.917. The van der Waals surface area contributed by atoms with Crippen LogP contribution in [0.3, 0.4) is 0 Å². The van der Waals surface area contributed by atoms with Gasteiger partial charge in [-0.25, -0.2) is 0 Å². The minimum absolute atomic E-state index is 0.173. The molecule has 0 aromatic rings. The molecule has 2 unspecified atom stereocenters. The molecule has 0 aromatic carbocycles. The van der Waals surface area contributed by atoms with Crippen molar-refractivity contribution in [3.05, 3.63) is 0 Å². The molecule has 0 bridgehead atoms. The number of rotatable bonds is 4. The van der Waals surface area contributed by atoms with E-state index in [1.165, 1.54) is 0 Å². The van der Waals surface area contributed by atoms with Gasteiger partial charge in [0.15, 0.2) is 0 Å². The molecule has 0 spiro atoms. The molecular formula is C12H23N3. The first-order valence-electron chi connectivity index (χ1n) is 5.84. The molecule has 2 atom stereocenters. The molecule has 1 fully saturated rings. The van der Waals surface area contributed by atoms with Crippen LogP contribution in [0.4, 0.5) is 0 Å². The molecule has 2 N–H and O–H groups in total. The molecular weight excluding hydrogens is 186 g/mol. The van der Waals surface area contributed by atoms with Gasteiger partial charge in [0.2, 0.25) is 0 Å². The lowest BCUT2D eigenvalue weighted by Gasteiger charge is -2.19. The smallest absolute Gasteiger partial charge is 0.0683 e. The van der Waals surface area contributed by atoms with Crippen LogP contribution in [0.1, 0.15) is 33.6 Å². The lowest BCUT2D eigenvalue weighted by atomic mass is 9.90. The summed E-state index contributed by atoms with van der Waals surface area (Å²) in [5, 5.41) is 8.89. The summed E-state index contributed by atoms with van der Waals surface area (Å²) in [6, 6.07) is 2.68. The highest BCUT2D eigenvalue weighted by atomic mass is 15.2. The molecule has 0 saturated carbocycles. The summed E-state index contributed by atoms with van der Waals surface area (Å²) in [6.45, 7) is 9.45. The van der Waals surface area contributed by atoms with Gasteiger partial charge in [-0.1, -0.05) is 6.92 Å². The Morgan fingerprint density at radius 1 is 1.47 bits per heavy atom. The third-order valence-electron chi connectivity index (χ3n) is 3.32. The first kappa shape index (κ1) is 12.5. The molecule has 1 aliphatic rings. The van der Waals surface area contributed by atoms with E-state index in [1.807, 2.05) is 13.8 Å². The lowest BCUT2D eigenvalue weighted by Crippen LogP contribution is -2.29. The molecule has 3 nitrogen and oxygen atoms in total. The van der Waals surface area contributed by atoms with Crippen molar-refractivity contribution < 1.29 is 0 Å². The van der Waals surface area contributed by atoms with Gasteiger partial charge >= 0.3 is 0 Å². The van der Waals surface area contributed by atoms with Crippen molar-refractivity contribution in [3.63, 3.8) is 0 Å². The molecule has 1 rings (SSSR count). The van der Waals surface area contributed by atoms with E-state index in [2.05, 4.69) is 17.9 Å². The van der Waals surface area contributed by atoms with E-state index in [-0.39, 0.29) is 5.41 Å². The first-order chi connectivity index (χ1) is 6.94. The maximum Gasteiger partial charge on any atom is 0.0683 e. The number of nitrogens with two attached hydrogens (primary N) is 1. The minimum Gasteiger partial charge on any atom is -0.326 e. The van der Waals surface area contributed by atoms with Crippen molar-refractivity contribution in [1.29, 1.82) is 5.26 Å². The highest BCUT2D eigenvalue weighted by Gasteiger charge is 2.26. The maximum absolute atomic E-state index is 8.89. The molecule has 86 valence electrons. The van der Waals surface area contributed by atoms with Crippen LogP contribution in [0.15, 0.2) is 0 Å². The van der Waals surface area contributed by atoms with Crippen LogP contribution in [0.25, 0.3) is 0 Å². The molecule has 0 aliphatic carbocycles. The minimum atomic E-state index is -0.173. The number of hydrogen-bond donors (Lipinski definition) is 1. The third kappa shape index (κ3) is 3.81. The second kappa shape index (κ2) is 4.96. The van der Waals surface area contributed by atoms with Crippen LogP contribution in [-0.4, -0.2) is 30.6 Å². The van der Waals surface area contributed by atoms with Crippen molar-refractivity contribution in [2.45, 2.75) is 39.7 Å². The van der Waals surface area contributed by atoms with Crippen LogP contribution in [0.2, 0.25) is 0 Å². The van der Waals surface area contributed by atoms with E-state index < -0.39 is 0 Å². The Morgan fingerprint density at radius 2 is 2.13 bits per heavy atom. The second-order valence-corrected chi connectivity index (χ2v) is 5.50. The molecule has 1 aliphatic heterocycles. The number of nitriles is 1. The van der Waals surface area contributed by atoms with Gasteiger partial charge in [-0.15, -0.1) is 0 Å². The summed E-state index contributed by atoms with van der Waals surface area (Å²) in [5.41, 5.74) is 5.79. The van der Waals surface area contributed by atoms with Crippen molar-refractivity contribution in [2.24, 2.45) is 17.1 Å². The zero-order valence-electron chi connectivity index (χ0n) is 10.2. The highest BCUT2D eigenvalue weighted by Crippen LogP contribution is 2.22. The van der Waals surface area contributed by atoms with E-state index in [4.69, 9.17) is 11.0 Å². The Balaban J connectivity index is 2.20. The maximum atomic E-state index is 8.89. The van der Waals surface area contributed by atoms with Crippen molar-refractivity contribution >= 4 is 0 Å². The third-order valence-corrected chi connectivity index (χ3v) is 3.32. The lowest BCUT2D eigenvalue weighted by molar-refractivity contribution is 0.298. The molecule has 0 aromatic heterocycles. The SMILES string of the molecule is CC1CN(CCCC(C)(C)C#N)CC1N. The summed E-state index contributed by atoms with van der Waals surface area (Å²) in [5.74, 6) is 0.619. The summed E-state index contributed by atoms with van der Waals surface area (Å²) in [4.78, 5) is 2.42. The average molecular weight is 209 g/mol. The molecule has 15 heavy (non-hydrogen) atoms. The Hall–Kier alpha value is -0.590. The molecule has 3 heteroatoms. The zero-order chi connectivity index (χ0) is 11.5. The van der Waals surface area contributed by atoms with Crippen LogP contribution < -0.4 is 5.73 Å². The number of likely N-dealkylation sites (tertiary alicyclic amines) is 1. The van der Waals surface area contributed by atoms with Crippen LogP contribution in [0, 0.1) is 22.7 Å². The fourth-order valence-electron chi connectivity index (χ4n) is 2.08. The number of hydrogen-bond acceptors (Lipinski definition) is 3. The molecule has 1 saturated heterocycles. The predicted molar refractivity (Wildman–Crippen MR) is 62.2 cm³/mol. The quantitative estimate of drug-likeness (QED) is 0.765.